The zero-order chi connectivity index (χ0) is 40.0. The largest absolute Gasteiger partial charge is 0.309 e. The van der Waals surface area contributed by atoms with Crippen molar-refractivity contribution >= 4 is 27.8 Å². The van der Waals surface area contributed by atoms with E-state index in [1.807, 2.05) is 0 Å². The molecule has 0 radical (unpaired) electrons. The molecule has 5 saturated carbocycles. The Morgan fingerprint density at radius 1 is 0.517 bits per heavy atom. The SMILES string of the molecule is CC(C)(C)c1ccc(N(c2ccccc2-c2ccc3c(c2)C2(c4ccccc4-3)C3CC4CC5CC2C453)c2ccccc2-c2cccc3cccc(C4CCCCC4)c23)cc1. The Balaban J connectivity index is 1.00. The first-order chi connectivity index (χ1) is 29.4. The Hall–Kier alpha value is -5.40. The lowest BCUT2D eigenvalue weighted by Gasteiger charge is -2.92. The number of anilines is 3. The van der Waals surface area contributed by atoms with Crippen LogP contribution in [-0.4, -0.2) is 0 Å². The molecule has 2 spiro atoms. The number of para-hydroxylation sites is 2. The van der Waals surface area contributed by atoms with E-state index in [0.717, 1.165) is 23.7 Å². The minimum Gasteiger partial charge on any atom is -0.309 e. The van der Waals surface area contributed by atoms with Crippen LogP contribution in [0.5, 0.6) is 0 Å². The second-order valence-electron chi connectivity index (χ2n) is 20.6. The number of hydrogen-bond donors (Lipinski definition) is 0. The van der Waals surface area contributed by atoms with Crippen molar-refractivity contribution < 1.29 is 0 Å². The van der Waals surface area contributed by atoms with E-state index in [2.05, 4.69) is 177 Å². The molecule has 0 bridgehead atoms. The van der Waals surface area contributed by atoms with E-state index in [4.69, 9.17) is 0 Å². The van der Waals surface area contributed by atoms with E-state index in [1.54, 1.807) is 11.1 Å². The predicted molar refractivity (Wildman–Crippen MR) is 250 cm³/mol. The van der Waals surface area contributed by atoms with Crippen LogP contribution in [0.3, 0.4) is 0 Å². The summed E-state index contributed by atoms with van der Waals surface area (Å²) in [5.41, 5.74) is 18.9. The minimum absolute atomic E-state index is 0.0656. The van der Waals surface area contributed by atoms with Crippen molar-refractivity contribution in [3.8, 4) is 33.4 Å². The smallest absolute Gasteiger partial charge is 0.0540 e. The van der Waals surface area contributed by atoms with Crippen molar-refractivity contribution in [3.05, 3.63) is 174 Å². The van der Waals surface area contributed by atoms with Crippen LogP contribution in [0.25, 0.3) is 44.2 Å². The van der Waals surface area contributed by atoms with Gasteiger partial charge in [0, 0.05) is 22.2 Å². The van der Waals surface area contributed by atoms with Gasteiger partial charge in [-0.1, -0.05) is 161 Å². The quantitative estimate of drug-likeness (QED) is 0.163. The maximum atomic E-state index is 2.66. The number of nitrogens with zero attached hydrogens (tertiary/aromatic N) is 1. The molecule has 0 aliphatic heterocycles. The molecule has 0 heterocycles. The van der Waals surface area contributed by atoms with E-state index in [0.29, 0.717) is 11.3 Å². The van der Waals surface area contributed by atoms with Crippen molar-refractivity contribution in [2.75, 3.05) is 4.90 Å². The summed E-state index contributed by atoms with van der Waals surface area (Å²) in [6.07, 6.45) is 10.9. The lowest BCUT2D eigenvalue weighted by Crippen LogP contribution is -2.88. The van der Waals surface area contributed by atoms with Crippen molar-refractivity contribution in [1.82, 2.24) is 0 Å². The monoisotopic (exact) mass is 777 g/mol. The summed E-state index contributed by atoms with van der Waals surface area (Å²) in [6, 6.07) is 59.1. The summed E-state index contributed by atoms with van der Waals surface area (Å²) < 4.78 is 0. The number of hydrogen-bond acceptors (Lipinski definition) is 1. The van der Waals surface area contributed by atoms with Crippen molar-refractivity contribution in [3.63, 3.8) is 0 Å². The number of fused-ring (bicyclic) bond motifs is 8. The molecule has 1 heteroatoms. The molecule has 7 aromatic rings. The van der Waals surface area contributed by atoms with Gasteiger partial charge >= 0.3 is 0 Å². The second kappa shape index (κ2) is 12.6. The Morgan fingerprint density at radius 3 is 1.85 bits per heavy atom. The van der Waals surface area contributed by atoms with Gasteiger partial charge in [-0.2, -0.15) is 0 Å². The van der Waals surface area contributed by atoms with E-state index >= 15 is 0 Å². The van der Waals surface area contributed by atoms with Crippen LogP contribution in [-0.2, 0) is 10.8 Å². The lowest BCUT2D eigenvalue weighted by atomic mass is 9.11. The fraction of sp³-hybridized carbons (Fsp3) is 0.322. The Morgan fingerprint density at radius 2 is 1.13 bits per heavy atom. The van der Waals surface area contributed by atoms with Gasteiger partial charge < -0.3 is 4.90 Å². The summed E-state index contributed by atoms with van der Waals surface area (Å²) in [7, 11) is 0. The summed E-state index contributed by atoms with van der Waals surface area (Å²) in [4.78, 5) is 2.58. The molecular formula is C59H55N. The van der Waals surface area contributed by atoms with Crippen LogP contribution in [0.1, 0.15) is 100 Å². The summed E-state index contributed by atoms with van der Waals surface area (Å²) in [5.74, 6) is 4.22. The molecule has 13 rings (SSSR count). The van der Waals surface area contributed by atoms with Crippen molar-refractivity contribution in [2.45, 2.75) is 88.9 Å². The highest BCUT2D eigenvalue weighted by Crippen LogP contribution is 2.94. The van der Waals surface area contributed by atoms with Gasteiger partial charge in [0.05, 0.1) is 11.4 Å². The van der Waals surface area contributed by atoms with Gasteiger partial charge in [0.1, 0.15) is 0 Å². The maximum Gasteiger partial charge on any atom is 0.0540 e. The molecule has 0 amide bonds. The molecule has 296 valence electrons. The van der Waals surface area contributed by atoms with Gasteiger partial charge in [-0.05, 0) is 158 Å². The summed E-state index contributed by atoms with van der Waals surface area (Å²) in [5, 5.41) is 2.77. The Labute approximate surface area is 356 Å². The maximum absolute atomic E-state index is 2.66. The highest BCUT2D eigenvalue weighted by atomic mass is 15.1. The molecule has 0 N–H and O–H groups in total. The molecular weight excluding hydrogens is 723 g/mol. The molecule has 0 saturated heterocycles. The second-order valence-corrected chi connectivity index (χ2v) is 20.6. The topological polar surface area (TPSA) is 3.24 Å². The average molecular weight is 778 g/mol. The van der Waals surface area contributed by atoms with Crippen LogP contribution >= 0.6 is 0 Å². The predicted octanol–water partition coefficient (Wildman–Crippen LogP) is 15.9. The summed E-state index contributed by atoms with van der Waals surface area (Å²) in [6.45, 7) is 6.95. The minimum atomic E-state index is 0.0656. The fourth-order valence-electron chi connectivity index (χ4n) is 14.8. The van der Waals surface area contributed by atoms with E-state index in [9.17, 15) is 0 Å². The van der Waals surface area contributed by atoms with Crippen molar-refractivity contribution in [2.24, 2.45) is 29.1 Å². The first-order valence-electron chi connectivity index (χ1n) is 23.2. The normalized spacial score (nSPS) is 26.8. The molecule has 0 aromatic heterocycles. The molecule has 1 nitrogen and oxygen atoms in total. The molecule has 60 heavy (non-hydrogen) atoms. The molecule has 4 atom stereocenters. The van der Waals surface area contributed by atoms with E-state index in [-0.39, 0.29) is 10.8 Å². The standard InChI is InChI=1S/C59H55N/c1-57(2,3)40-28-30-43(31-29-40)60(53-26-12-9-21-48(53)49-23-14-18-38-17-13-22-45(56(38)49)37-15-5-4-6-16-37)52-25-11-8-19-44(52)39-27-32-47-46-20-7-10-24-50(46)59(51(47)33-39)54-35-41-34-42-36-55(59)58(41,42)54/h7-14,17-33,37,41-42,54-55H,4-6,15-16,34-36H2,1-3H3. The van der Waals surface area contributed by atoms with Crippen LogP contribution in [0.2, 0.25) is 0 Å². The third-order valence-electron chi connectivity index (χ3n) is 17.3. The number of rotatable bonds is 6. The summed E-state index contributed by atoms with van der Waals surface area (Å²) >= 11 is 0. The zero-order valence-corrected chi connectivity index (χ0v) is 35.4. The number of benzene rings is 7. The van der Waals surface area contributed by atoms with Gasteiger partial charge in [-0.15, -0.1) is 0 Å². The Kier molecular flexibility index (Phi) is 7.41. The van der Waals surface area contributed by atoms with E-state index < -0.39 is 0 Å². The molecule has 4 unspecified atom stereocenters. The molecule has 6 aliphatic rings. The first kappa shape index (κ1) is 35.4. The van der Waals surface area contributed by atoms with Gasteiger partial charge in [-0.25, -0.2) is 0 Å². The lowest BCUT2D eigenvalue weighted by molar-refractivity contribution is -0.412. The third kappa shape index (κ3) is 4.49. The fourth-order valence-corrected chi connectivity index (χ4v) is 14.8. The Bertz CT molecular complexity index is 2840. The van der Waals surface area contributed by atoms with Crippen LogP contribution in [0.15, 0.2) is 152 Å². The van der Waals surface area contributed by atoms with Crippen LogP contribution < -0.4 is 4.90 Å². The van der Waals surface area contributed by atoms with Crippen LogP contribution in [0.4, 0.5) is 17.1 Å². The van der Waals surface area contributed by atoms with Crippen LogP contribution in [0, 0.1) is 29.1 Å². The highest BCUT2D eigenvalue weighted by molar-refractivity contribution is 6.04. The first-order valence-corrected chi connectivity index (χ1v) is 23.2. The average Bonchev–Trinajstić information content (AvgIpc) is 3.56. The zero-order valence-electron chi connectivity index (χ0n) is 35.4. The third-order valence-corrected chi connectivity index (χ3v) is 17.3. The van der Waals surface area contributed by atoms with Gasteiger partial charge in [0.2, 0.25) is 0 Å². The van der Waals surface area contributed by atoms with Crippen molar-refractivity contribution in [1.29, 1.82) is 0 Å². The molecule has 5 fully saturated rings. The van der Waals surface area contributed by atoms with Gasteiger partial charge in [-0.3, -0.25) is 0 Å². The molecule has 6 aliphatic carbocycles. The van der Waals surface area contributed by atoms with E-state index in [1.165, 1.54) is 124 Å². The van der Waals surface area contributed by atoms with Gasteiger partial charge in [0.25, 0.3) is 0 Å². The highest BCUT2D eigenvalue weighted by Gasteiger charge is 2.90. The molecule has 7 aromatic carbocycles. The van der Waals surface area contributed by atoms with Gasteiger partial charge in [0.15, 0.2) is 0 Å².